The van der Waals surface area contributed by atoms with Gasteiger partial charge in [0, 0.05) is 102 Å². The van der Waals surface area contributed by atoms with Crippen LogP contribution in [-0.4, -0.2) is 177 Å². The molecule has 0 bridgehead atoms. The average Bonchev–Trinajstić information content (AvgIpc) is 1.64. The first-order valence-electron chi connectivity index (χ1n) is 27.9. The summed E-state index contributed by atoms with van der Waals surface area (Å²) in [5.41, 5.74) is 15.8. The highest BCUT2D eigenvalue weighted by Gasteiger charge is 2.50. The number of carbonyl (C=O) groups is 6. The highest BCUT2D eigenvalue weighted by molar-refractivity contribution is 8.15. The zero-order valence-electron chi connectivity index (χ0n) is 49.5. The van der Waals surface area contributed by atoms with Crippen LogP contribution in [0.3, 0.4) is 0 Å². The molecule has 0 aliphatic carbocycles. The van der Waals surface area contributed by atoms with Crippen molar-refractivity contribution in [1.29, 1.82) is 0 Å². The molecular weight excluding hydrogens is 1280 g/mol. The number of primary amides is 2. The van der Waals surface area contributed by atoms with E-state index in [2.05, 4.69) is 50.8 Å². The molecule has 0 spiro atoms. The molecule has 2 aromatic heterocycles. The fourth-order valence-corrected chi connectivity index (χ4v) is 12.4. The summed E-state index contributed by atoms with van der Waals surface area (Å²) in [6, 6.07) is 21.6. The van der Waals surface area contributed by atoms with Gasteiger partial charge in [0.2, 0.25) is 11.8 Å². The number of aromatic nitrogens is 4. The summed E-state index contributed by atoms with van der Waals surface area (Å²) in [4.78, 5) is 101. The van der Waals surface area contributed by atoms with Crippen LogP contribution in [0.15, 0.2) is 141 Å². The lowest BCUT2D eigenvalue weighted by atomic mass is 9.99. The van der Waals surface area contributed by atoms with Crippen molar-refractivity contribution in [3.05, 3.63) is 170 Å². The Morgan fingerprint density at radius 1 is 0.692 bits per heavy atom. The molecule has 23 nitrogen and oxygen atoms in total. The van der Waals surface area contributed by atoms with Gasteiger partial charge in [0.15, 0.2) is 23.0 Å². The number of rotatable bonds is 16. The summed E-state index contributed by atoms with van der Waals surface area (Å²) in [7, 11) is 3.85. The number of Topliss-reactive ketones (excluding diaryl/α,β-unsaturated/α-hetero) is 1. The van der Waals surface area contributed by atoms with Gasteiger partial charge in [-0.05, 0) is 57.0 Å². The molecule has 2 fully saturated rings. The maximum atomic E-state index is 15.3. The molecular formula is C61H59Cl3F2N16O7S2. The number of hydrogen-bond acceptors (Lipinski definition) is 20. The number of anilines is 1. The Balaban J connectivity index is 0.000000165. The zero-order valence-corrected chi connectivity index (χ0v) is 53.4. The molecule has 6 atom stereocenters. The van der Waals surface area contributed by atoms with Crippen molar-refractivity contribution in [3.8, 4) is 22.3 Å². The van der Waals surface area contributed by atoms with Gasteiger partial charge in [-0.2, -0.15) is 10.2 Å². The number of amides is 4. The average molecular weight is 1340 g/mol. The van der Waals surface area contributed by atoms with E-state index in [9.17, 15) is 33.2 Å². The van der Waals surface area contributed by atoms with Crippen LogP contribution in [0.5, 0.6) is 0 Å². The Kier molecular flexibility index (Phi) is 21.3. The van der Waals surface area contributed by atoms with Crippen LogP contribution >= 0.6 is 58.3 Å². The molecule has 30 heteroatoms. The van der Waals surface area contributed by atoms with Crippen LogP contribution in [0.25, 0.3) is 22.3 Å². The van der Waals surface area contributed by atoms with Crippen molar-refractivity contribution in [2.75, 3.05) is 45.6 Å². The normalized spacial score (nSPS) is 19.4. The molecule has 4 aromatic carbocycles. The number of nitrogens with zero attached hydrogens (tertiary/aromatic N) is 12. The van der Waals surface area contributed by atoms with Crippen LogP contribution in [0.2, 0.25) is 10.0 Å². The molecule has 7 N–H and O–H groups in total. The number of aliphatic carboxylic acids is 1. The monoisotopic (exact) mass is 1330 g/mol. The minimum atomic E-state index is -1.04. The van der Waals surface area contributed by atoms with Gasteiger partial charge in [0.25, 0.3) is 11.8 Å². The fourth-order valence-electron chi connectivity index (χ4n) is 9.47. The number of hydrogen-bond donors (Lipinski definition) is 5. The molecule has 12 rings (SSSR count). The third-order valence-corrected chi connectivity index (χ3v) is 18.1. The predicted octanol–water partition coefficient (Wildman–Crippen LogP) is 6.92. The summed E-state index contributed by atoms with van der Waals surface area (Å²) >= 11 is 20.7. The molecule has 4 amide bonds. The molecule has 0 saturated carbocycles. The lowest BCUT2D eigenvalue weighted by molar-refractivity contribution is -0.138. The van der Waals surface area contributed by atoms with Gasteiger partial charge in [0.1, 0.15) is 74.7 Å². The van der Waals surface area contributed by atoms with Gasteiger partial charge < -0.3 is 37.0 Å². The summed E-state index contributed by atoms with van der Waals surface area (Å²) in [5, 5.41) is 27.6. The van der Waals surface area contributed by atoms with E-state index in [1.165, 1.54) is 44.5 Å². The molecule has 472 valence electrons. The number of carbonyl (C=O) groups excluding carboxylic acids is 5. The number of benzene rings is 4. The summed E-state index contributed by atoms with van der Waals surface area (Å²) < 4.78 is 29.8. The first-order chi connectivity index (χ1) is 43.4. The number of nitrogens with two attached hydrogens (primary N) is 2. The number of aliphatic imine (C=N–C) groups is 2. The number of carboxylic acids is 1. The number of fused-ring (bicyclic) bond motifs is 2. The number of nitrogens with one attached hydrogen (secondary N) is 2. The largest absolute Gasteiger partial charge is 0.480 e. The Labute approximate surface area is 544 Å². The molecule has 8 heterocycles. The first-order valence-corrected chi connectivity index (χ1v) is 30.8. The Morgan fingerprint density at radius 3 is 1.59 bits per heavy atom. The SMILES string of the molecule is CC(C)=C(Cl)N(C)C.Cc1ncc(C2=NC3C(C(N)=O)=NN(CC(=O)N4C[C@H]4C(=O)Cc4cccc(-c5ccccc5Cl)c4F)C3S2)cn1.Cc1ncc(C2=NC3C(C(N)=O)=NN(CC(=O)O)C3S2)cn1.O=C(Nc1cccc(-c2ccccc2Cl)c1F)[C@@H]1CN1. The van der Waals surface area contributed by atoms with E-state index in [0.29, 0.717) is 71.7 Å². The van der Waals surface area contributed by atoms with Crippen molar-refractivity contribution >= 4 is 121 Å². The molecule has 2 saturated heterocycles. The maximum Gasteiger partial charge on any atom is 0.324 e. The van der Waals surface area contributed by atoms with Gasteiger partial charge in [0.05, 0.1) is 11.7 Å². The van der Waals surface area contributed by atoms with E-state index in [1.54, 1.807) is 117 Å². The van der Waals surface area contributed by atoms with E-state index in [4.69, 9.17) is 51.4 Å². The van der Waals surface area contributed by atoms with E-state index in [-0.39, 0.29) is 72.4 Å². The van der Waals surface area contributed by atoms with Gasteiger partial charge in [-0.25, -0.2) is 28.7 Å². The van der Waals surface area contributed by atoms with E-state index < -0.39 is 58.3 Å². The minimum Gasteiger partial charge on any atom is -0.480 e. The van der Waals surface area contributed by atoms with Crippen LogP contribution in [0.1, 0.15) is 42.2 Å². The van der Waals surface area contributed by atoms with E-state index in [1.807, 2.05) is 32.8 Å². The Bertz CT molecular complexity index is 4000. The summed E-state index contributed by atoms with van der Waals surface area (Å²) in [6.07, 6.45) is 6.40. The van der Waals surface area contributed by atoms with Crippen LogP contribution in [-0.2, 0) is 35.2 Å². The molecule has 6 aromatic rings. The molecule has 6 aliphatic rings. The van der Waals surface area contributed by atoms with Crippen LogP contribution in [0, 0.1) is 25.5 Å². The molecule has 6 aliphatic heterocycles. The lowest BCUT2D eigenvalue weighted by Gasteiger charge is -2.21. The third-order valence-electron chi connectivity index (χ3n) is 14.2. The predicted molar refractivity (Wildman–Crippen MR) is 347 cm³/mol. The summed E-state index contributed by atoms with van der Waals surface area (Å²) in [6.45, 7) is 7.90. The maximum absolute atomic E-state index is 15.3. The second-order valence-corrected chi connectivity index (χ2v) is 24.7. The smallest absolute Gasteiger partial charge is 0.324 e. The number of allylic oxidation sites excluding steroid dienone is 1. The highest BCUT2D eigenvalue weighted by Crippen LogP contribution is 2.40. The minimum absolute atomic E-state index is 0.0608. The van der Waals surface area contributed by atoms with E-state index >= 15 is 4.39 Å². The van der Waals surface area contributed by atoms with Gasteiger partial charge in [-0.1, -0.05) is 125 Å². The zero-order chi connectivity index (χ0) is 65.5. The molecule has 4 unspecified atom stereocenters. The second kappa shape index (κ2) is 29.0. The number of aryl methyl sites for hydroxylation is 2. The van der Waals surface area contributed by atoms with Crippen molar-refractivity contribution in [1.82, 2.24) is 45.1 Å². The third kappa shape index (κ3) is 16.1. The number of hydrazone groups is 2. The van der Waals surface area contributed by atoms with Crippen LogP contribution < -0.4 is 22.1 Å². The van der Waals surface area contributed by atoms with Crippen LogP contribution in [0.4, 0.5) is 14.5 Å². The second-order valence-electron chi connectivity index (χ2n) is 21.3. The number of halogens is 5. The van der Waals surface area contributed by atoms with Gasteiger partial charge >= 0.3 is 5.97 Å². The van der Waals surface area contributed by atoms with Gasteiger partial charge in [-0.3, -0.25) is 48.8 Å². The van der Waals surface area contributed by atoms with Crippen molar-refractivity contribution in [2.45, 2.75) is 69.0 Å². The lowest BCUT2D eigenvalue weighted by Crippen LogP contribution is -2.38. The first kappa shape index (κ1) is 66.7. The standard InChI is InChI=1S/C28H23ClFN7O3S.C15H12ClFN2O.C12H12N6O3S.C6H12ClN/c1-14-32-10-16(11-33-14)27-34-25-24(26(31)40)35-37(28(25)41-27)13-22(39)36-12-20(36)21(38)9-15-5-4-7-18(23(15)30)17-6-2-3-8-19(17)29;16-11-6-2-1-4-9(11)10-5-3-7-12(14(10)17)19-15(20)13-8-18-13;1-5-14-2-6(3-15-5)11-16-9-8(10(13)21)17-18(4-7(19)20)12(9)22-11;1-5(2)6(7)8(3)4/h2-8,10-11,20,25,28H,9,12-13H2,1H3,(H2,31,40);1-7,13,18H,8H2,(H,19,20);2-3,9,12H,4H2,1H3,(H2,13,21)(H,19,20);1-4H3/t20-,25?,28?,36?;13-;;/m00../s1. The Hall–Kier alpha value is -8.73. The number of thioether (sulfide) groups is 2. The topological polar surface area (TPSA) is 322 Å². The van der Waals surface area contributed by atoms with E-state index in [0.717, 1.165) is 10.7 Å². The van der Waals surface area contributed by atoms with Crippen molar-refractivity contribution in [2.24, 2.45) is 31.7 Å². The van der Waals surface area contributed by atoms with Crippen molar-refractivity contribution < 1.29 is 42.7 Å². The Morgan fingerprint density at radius 2 is 1.15 bits per heavy atom. The highest BCUT2D eigenvalue weighted by atomic mass is 35.5. The van der Waals surface area contributed by atoms with Crippen molar-refractivity contribution in [3.63, 3.8) is 0 Å². The fraction of sp³-hybridized carbons (Fsp3) is 0.279. The number of carboxylic acid groups (broad SMARTS) is 1. The molecule has 0 radical (unpaired) electrons. The quantitative estimate of drug-likeness (QED) is 0.0485. The molecule has 91 heavy (non-hydrogen) atoms. The van der Waals surface area contributed by atoms with Gasteiger partial charge in [-0.15, -0.1) is 0 Å². The number of ketones is 1. The summed E-state index contributed by atoms with van der Waals surface area (Å²) in [5.74, 6) is -3.03.